The molecule has 0 aliphatic rings. The van der Waals surface area contributed by atoms with E-state index in [-0.39, 0.29) is 5.97 Å². The molecule has 0 spiro atoms. The van der Waals surface area contributed by atoms with Gasteiger partial charge in [0.2, 0.25) is 0 Å². The van der Waals surface area contributed by atoms with Crippen LogP contribution in [0.25, 0.3) is 11.1 Å². The Kier molecular flexibility index (Phi) is 5.16. The van der Waals surface area contributed by atoms with Gasteiger partial charge in [0.05, 0.1) is 12.2 Å². The molecule has 2 aromatic carbocycles. The molecule has 0 heterocycles. The van der Waals surface area contributed by atoms with Crippen molar-refractivity contribution in [2.24, 2.45) is 0 Å². The molecular weight excluding hydrogens is 272 g/mol. The molecule has 0 atom stereocenters. The van der Waals surface area contributed by atoms with Crippen LogP contribution < -0.4 is 0 Å². The van der Waals surface area contributed by atoms with Crippen LogP contribution in [0.2, 0.25) is 0 Å². The summed E-state index contributed by atoms with van der Waals surface area (Å²) >= 11 is 0. The van der Waals surface area contributed by atoms with Crippen molar-refractivity contribution in [2.75, 3.05) is 6.61 Å². The summed E-state index contributed by atoms with van der Waals surface area (Å²) in [6.07, 6.45) is 0. The van der Waals surface area contributed by atoms with Crippen LogP contribution in [0.3, 0.4) is 0 Å². The van der Waals surface area contributed by atoms with Crippen molar-refractivity contribution in [3.63, 3.8) is 0 Å². The first kappa shape index (κ1) is 16.0. The molecule has 0 N–H and O–H groups in total. The lowest BCUT2D eigenvalue weighted by molar-refractivity contribution is -0.136. The number of aryl methyl sites for hydroxylation is 2. The van der Waals surface area contributed by atoms with Gasteiger partial charge in [0, 0.05) is 0 Å². The molecule has 0 aromatic heterocycles. The lowest BCUT2D eigenvalue weighted by Gasteiger charge is -2.13. The van der Waals surface area contributed by atoms with Crippen molar-refractivity contribution < 1.29 is 9.53 Å². The summed E-state index contributed by atoms with van der Waals surface area (Å²) in [6, 6.07) is 16.1. The van der Waals surface area contributed by atoms with Gasteiger partial charge in [-0.25, -0.2) is 4.79 Å². The van der Waals surface area contributed by atoms with Crippen LogP contribution in [0.15, 0.2) is 48.5 Å². The minimum absolute atomic E-state index is 0.274. The molecule has 0 amide bonds. The Morgan fingerprint density at radius 1 is 0.864 bits per heavy atom. The fraction of sp³-hybridized carbons (Fsp3) is 0.250. The molecule has 0 unspecified atom stereocenters. The molecule has 2 rings (SSSR count). The van der Waals surface area contributed by atoms with Crippen LogP contribution in [0, 0.1) is 13.8 Å². The van der Waals surface area contributed by atoms with Crippen LogP contribution in [0.1, 0.15) is 36.1 Å². The largest absolute Gasteiger partial charge is 0.462 e. The van der Waals surface area contributed by atoms with Gasteiger partial charge in [0.25, 0.3) is 0 Å². The highest BCUT2D eigenvalue weighted by molar-refractivity contribution is 6.24. The van der Waals surface area contributed by atoms with E-state index in [1.54, 1.807) is 0 Å². The second-order valence-electron chi connectivity index (χ2n) is 5.45. The molecule has 22 heavy (non-hydrogen) atoms. The number of benzene rings is 2. The average Bonchev–Trinajstić information content (AvgIpc) is 2.50. The Morgan fingerprint density at radius 3 is 1.77 bits per heavy atom. The average molecular weight is 294 g/mol. The minimum atomic E-state index is -0.274. The predicted octanol–water partition coefficient (Wildman–Crippen LogP) is 4.80. The first-order valence-electron chi connectivity index (χ1n) is 7.55. The number of carbonyl (C=O) groups excluding carboxylic acids is 1. The maximum Gasteiger partial charge on any atom is 0.339 e. The predicted molar refractivity (Wildman–Crippen MR) is 91.5 cm³/mol. The Bertz CT molecular complexity index is 677. The van der Waals surface area contributed by atoms with Gasteiger partial charge in [-0.15, -0.1) is 0 Å². The van der Waals surface area contributed by atoms with Crippen LogP contribution in [-0.2, 0) is 9.53 Å². The molecule has 2 heteroatoms. The van der Waals surface area contributed by atoms with Crippen LogP contribution >= 0.6 is 0 Å². The topological polar surface area (TPSA) is 26.3 Å². The zero-order chi connectivity index (χ0) is 16.1. The fourth-order valence-corrected chi connectivity index (χ4v) is 2.36. The molecule has 0 radical (unpaired) electrons. The van der Waals surface area contributed by atoms with Gasteiger partial charge in [-0.1, -0.05) is 59.7 Å². The number of rotatable bonds is 4. The van der Waals surface area contributed by atoms with E-state index in [4.69, 9.17) is 4.74 Å². The molecule has 2 aromatic rings. The lowest BCUT2D eigenvalue weighted by Crippen LogP contribution is -2.08. The summed E-state index contributed by atoms with van der Waals surface area (Å²) in [5, 5.41) is 0. The highest BCUT2D eigenvalue weighted by Gasteiger charge is 2.17. The van der Waals surface area contributed by atoms with Crippen molar-refractivity contribution in [3.05, 3.63) is 70.8 Å². The zero-order valence-corrected chi connectivity index (χ0v) is 13.6. The molecule has 0 saturated carbocycles. The van der Waals surface area contributed by atoms with Gasteiger partial charge in [-0.3, -0.25) is 0 Å². The van der Waals surface area contributed by atoms with E-state index in [9.17, 15) is 4.79 Å². The smallest absolute Gasteiger partial charge is 0.339 e. The van der Waals surface area contributed by atoms with Crippen molar-refractivity contribution in [1.82, 2.24) is 0 Å². The van der Waals surface area contributed by atoms with Gasteiger partial charge < -0.3 is 4.74 Å². The molecule has 0 fully saturated rings. The van der Waals surface area contributed by atoms with Crippen LogP contribution in [0.5, 0.6) is 0 Å². The normalized spacial score (nSPS) is 11.8. The Morgan fingerprint density at radius 2 is 1.32 bits per heavy atom. The summed E-state index contributed by atoms with van der Waals surface area (Å²) in [7, 11) is 0. The molecular formula is C20H22O2. The van der Waals surface area contributed by atoms with Gasteiger partial charge >= 0.3 is 5.97 Å². The van der Waals surface area contributed by atoms with E-state index in [1.165, 1.54) is 11.1 Å². The fourth-order valence-electron chi connectivity index (χ4n) is 2.36. The molecule has 114 valence electrons. The van der Waals surface area contributed by atoms with E-state index in [1.807, 2.05) is 57.2 Å². The first-order valence-corrected chi connectivity index (χ1v) is 7.55. The third-order valence-corrected chi connectivity index (χ3v) is 3.68. The maximum absolute atomic E-state index is 12.4. The highest BCUT2D eigenvalue weighted by Crippen LogP contribution is 2.27. The number of esters is 1. The number of allylic oxidation sites excluding steroid dienone is 1. The standard InChI is InChI=1S/C20H22O2/c1-5-22-20(21)19(18-12-8-15(3)9-13-18)16(4)17-10-6-14(2)7-11-17/h6-13H,5H2,1-4H3/b19-16+. The molecule has 0 aliphatic heterocycles. The van der Waals surface area contributed by atoms with Crippen LogP contribution in [0.4, 0.5) is 0 Å². The second-order valence-corrected chi connectivity index (χ2v) is 5.45. The lowest BCUT2D eigenvalue weighted by atomic mass is 9.95. The van der Waals surface area contributed by atoms with E-state index in [0.717, 1.165) is 16.7 Å². The Balaban J connectivity index is 2.55. The Hall–Kier alpha value is -2.35. The van der Waals surface area contributed by atoms with Gasteiger partial charge in [-0.05, 0) is 44.4 Å². The number of hydrogen-bond acceptors (Lipinski definition) is 2. The zero-order valence-electron chi connectivity index (χ0n) is 13.6. The van der Waals surface area contributed by atoms with Crippen molar-refractivity contribution in [3.8, 4) is 0 Å². The summed E-state index contributed by atoms with van der Waals surface area (Å²) in [5.74, 6) is -0.274. The summed E-state index contributed by atoms with van der Waals surface area (Å²) in [6.45, 7) is 8.25. The highest BCUT2D eigenvalue weighted by atomic mass is 16.5. The molecule has 0 bridgehead atoms. The molecule has 2 nitrogen and oxygen atoms in total. The van der Waals surface area contributed by atoms with Gasteiger partial charge in [-0.2, -0.15) is 0 Å². The monoisotopic (exact) mass is 294 g/mol. The van der Waals surface area contributed by atoms with Crippen molar-refractivity contribution in [2.45, 2.75) is 27.7 Å². The van der Waals surface area contributed by atoms with E-state index in [2.05, 4.69) is 19.1 Å². The quantitative estimate of drug-likeness (QED) is 0.460. The maximum atomic E-state index is 12.4. The summed E-state index contributed by atoms with van der Waals surface area (Å²) < 4.78 is 5.26. The van der Waals surface area contributed by atoms with Crippen molar-refractivity contribution in [1.29, 1.82) is 0 Å². The third-order valence-electron chi connectivity index (χ3n) is 3.68. The van der Waals surface area contributed by atoms with E-state index < -0.39 is 0 Å². The third kappa shape index (κ3) is 3.64. The van der Waals surface area contributed by atoms with E-state index >= 15 is 0 Å². The first-order chi connectivity index (χ1) is 10.5. The SMILES string of the molecule is CCOC(=O)/C(=C(\C)c1ccc(C)cc1)c1ccc(C)cc1. The number of ether oxygens (including phenoxy) is 1. The molecule has 0 saturated heterocycles. The summed E-state index contributed by atoms with van der Waals surface area (Å²) in [5.41, 5.74) is 5.86. The number of hydrogen-bond donors (Lipinski definition) is 0. The van der Waals surface area contributed by atoms with Crippen LogP contribution in [-0.4, -0.2) is 12.6 Å². The van der Waals surface area contributed by atoms with Crippen molar-refractivity contribution >= 4 is 17.1 Å². The second kappa shape index (κ2) is 7.08. The number of carbonyl (C=O) groups is 1. The Labute approximate surface area is 132 Å². The molecule has 0 aliphatic carbocycles. The summed E-state index contributed by atoms with van der Waals surface area (Å²) in [4.78, 5) is 12.4. The van der Waals surface area contributed by atoms with E-state index in [0.29, 0.717) is 12.2 Å². The van der Waals surface area contributed by atoms with Gasteiger partial charge in [0.15, 0.2) is 0 Å². The van der Waals surface area contributed by atoms with Gasteiger partial charge in [0.1, 0.15) is 0 Å². The minimum Gasteiger partial charge on any atom is -0.462 e.